The predicted molar refractivity (Wildman–Crippen MR) is 124 cm³/mol. The van der Waals surface area contributed by atoms with E-state index in [1.807, 2.05) is 6.07 Å². The van der Waals surface area contributed by atoms with Crippen molar-refractivity contribution in [2.75, 3.05) is 11.9 Å². The van der Waals surface area contributed by atoms with Crippen molar-refractivity contribution in [3.8, 4) is 6.07 Å². The lowest BCUT2D eigenvalue weighted by Gasteiger charge is -2.09. The molecule has 4 rings (SSSR count). The minimum atomic E-state index is -0.600. The number of ether oxygens (including phenoxy) is 1. The zero-order valence-electron chi connectivity index (χ0n) is 18.1. The molecule has 0 aliphatic heterocycles. The smallest absolute Gasteiger partial charge is 0.339 e. The normalized spacial score (nSPS) is 13.0. The fourth-order valence-corrected chi connectivity index (χ4v) is 5.75. The summed E-state index contributed by atoms with van der Waals surface area (Å²) in [5.41, 5.74) is 1.94. The van der Waals surface area contributed by atoms with Gasteiger partial charge in [-0.15, -0.1) is 23.1 Å². The Balaban J connectivity index is 1.37. The van der Waals surface area contributed by atoms with Crippen LogP contribution in [0.25, 0.3) is 0 Å². The number of thiophene rings is 1. The van der Waals surface area contributed by atoms with Crippen molar-refractivity contribution in [2.45, 2.75) is 49.7 Å². The number of carbonyl (C=O) groups is 2. The number of esters is 1. The van der Waals surface area contributed by atoms with Crippen LogP contribution in [0.4, 0.5) is 5.00 Å². The van der Waals surface area contributed by atoms with E-state index < -0.39 is 18.5 Å². The predicted octanol–water partition coefficient (Wildman–Crippen LogP) is 4.67. The molecule has 8 nitrogen and oxygen atoms in total. The standard InChI is InChI=1S/C23H22N4O4S2/c1-14-25-21(31-27-14)13-32-18-9-6-5-8-16(18)23(29)30-12-20(28)26-22-17(11-24)15-7-3-2-4-10-19(15)33-22/h5-6,8-9H,2-4,7,10,12-13H2,1H3,(H,26,28). The average Bonchev–Trinajstić information content (AvgIpc) is 3.30. The van der Waals surface area contributed by atoms with Crippen molar-refractivity contribution in [3.05, 3.63) is 57.5 Å². The van der Waals surface area contributed by atoms with Gasteiger partial charge in [-0.2, -0.15) is 10.2 Å². The molecule has 33 heavy (non-hydrogen) atoms. The quantitative estimate of drug-likeness (QED) is 0.293. The summed E-state index contributed by atoms with van der Waals surface area (Å²) in [6.07, 6.45) is 5.08. The van der Waals surface area contributed by atoms with Crippen molar-refractivity contribution in [3.63, 3.8) is 0 Å². The Hall–Kier alpha value is -3.16. The van der Waals surface area contributed by atoms with Crippen LogP contribution in [0.2, 0.25) is 0 Å². The van der Waals surface area contributed by atoms with Crippen LogP contribution in [0.1, 0.15) is 57.3 Å². The molecule has 2 aromatic heterocycles. The number of fused-ring (bicyclic) bond motifs is 1. The van der Waals surface area contributed by atoms with E-state index in [-0.39, 0.29) is 0 Å². The summed E-state index contributed by atoms with van der Waals surface area (Å²) in [5, 5.41) is 16.6. The number of thioether (sulfide) groups is 1. The van der Waals surface area contributed by atoms with Crippen LogP contribution in [0, 0.1) is 18.3 Å². The lowest BCUT2D eigenvalue weighted by atomic mass is 10.1. The van der Waals surface area contributed by atoms with Gasteiger partial charge in [0.15, 0.2) is 12.4 Å². The number of aryl methyl sites for hydroxylation is 2. The molecule has 1 N–H and O–H groups in total. The van der Waals surface area contributed by atoms with Crippen molar-refractivity contribution in [1.29, 1.82) is 5.26 Å². The molecule has 10 heteroatoms. The summed E-state index contributed by atoms with van der Waals surface area (Å²) in [4.78, 5) is 31.1. The Morgan fingerprint density at radius 3 is 2.88 bits per heavy atom. The van der Waals surface area contributed by atoms with Gasteiger partial charge in [-0.3, -0.25) is 4.79 Å². The van der Waals surface area contributed by atoms with E-state index in [2.05, 4.69) is 21.5 Å². The average molecular weight is 483 g/mol. The van der Waals surface area contributed by atoms with E-state index in [4.69, 9.17) is 9.26 Å². The third-order valence-corrected chi connectivity index (χ3v) is 7.41. The first-order valence-electron chi connectivity index (χ1n) is 10.6. The number of benzene rings is 1. The number of carbonyl (C=O) groups excluding carboxylic acids is 2. The Morgan fingerprint density at radius 2 is 2.09 bits per heavy atom. The zero-order valence-corrected chi connectivity index (χ0v) is 19.7. The Morgan fingerprint density at radius 1 is 1.27 bits per heavy atom. The summed E-state index contributed by atoms with van der Waals surface area (Å²) in [5.74, 6) is 0.347. The number of anilines is 1. The lowest BCUT2D eigenvalue weighted by Crippen LogP contribution is -2.21. The number of nitrogens with one attached hydrogen (secondary N) is 1. The van der Waals surface area contributed by atoms with Gasteiger partial charge >= 0.3 is 5.97 Å². The molecule has 170 valence electrons. The SMILES string of the molecule is Cc1noc(CSc2ccccc2C(=O)OCC(=O)Nc2sc3c(c2C#N)CCCCC3)n1. The highest BCUT2D eigenvalue weighted by molar-refractivity contribution is 7.98. The molecule has 1 aliphatic carbocycles. The van der Waals surface area contributed by atoms with Crippen LogP contribution >= 0.6 is 23.1 Å². The molecule has 0 saturated heterocycles. The van der Waals surface area contributed by atoms with Crippen LogP contribution in [0.3, 0.4) is 0 Å². The van der Waals surface area contributed by atoms with Crippen LogP contribution in [0.15, 0.2) is 33.7 Å². The second-order valence-electron chi connectivity index (χ2n) is 7.52. The molecule has 0 atom stereocenters. The molecule has 0 unspecified atom stereocenters. The lowest BCUT2D eigenvalue weighted by molar-refractivity contribution is -0.119. The first kappa shape index (κ1) is 23.0. The largest absolute Gasteiger partial charge is 0.452 e. The Bertz CT molecular complexity index is 1210. The molecule has 0 radical (unpaired) electrons. The minimum absolute atomic E-state index is 0.354. The second-order valence-corrected chi connectivity index (χ2v) is 9.65. The van der Waals surface area contributed by atoms with Crippen molar-refractivity contribution < 1.29 is 18.8 Å². The molecule has 1 aromatic carbocycles. The molecule has 1 aliphatic rings. The highest BCUT2D eigenvalue weighted by atomic mass is 32.2. The fraction of sp³-hybridized carbons (Fsp3) is 0.348. The van der Waals surface area contributed by atoms with Gasteiger partial charge in [-0.25, -0.2) is 4.79 Å². The topological polar surface area (TPSA) is 118 Å². The first-order chi connectivity index (χ1) is 16.0. The van der Waals surface area contributed by atoms with E-state index in [0.29, 0.717) is 38.5 Å². The number of hydrogen-bond acceptors (Lipinski definition) is 9. The van der Waals surface area contributed by atoms with E-state index in [9.17, 15) is 14.9 Å². The van der Waals surface area contributed by atoms with Gasteiger partial charge in [0.05, 0.1) is 16.9 Å². The molecular formula is C23H22N4O4S2. The van der Waals surface area contributed by atoms with Crippen LogP contribution < -0.4 is 5.32 Å². The summed E-state index contributed by atoms with van der Waals surface area (Å²) in [7, 11) is 0. The van der Waals surface area contributed by atoms with Crippen LogP contribution in [-0.2, 0) is 28.1 Å². The molecular weight excluding hydrogens is 460 g/mol. The van der Waals surface area contributed by atoms with Gasteiger partial charge in [0.2, 0.25) is 5.89 Å². The number of hydrogen-bond donors (Lipinski definition) is 1. The number of aromatic nitrogens is 2. The number of nitriles is 1. The van der Waals surface area contributed by atoms with Gasteiger partial charge in [-0.05, 0) is 50.3 Å². The monoisotopic (exact) mass is 482 g/mol. The highest BCUT2D eigenvalue weighted by Crippen LogP contribution is 2.37. The van der Waals surface area contributed by atoms with Crippen molar-refractivity contribution in [1.82, 2.24) is 10.1 Å². The first-order valence-corrected chi connectivity index (χ1v) is 12.4. The molecule has 0 fully saturated rings. The number of rotatable bonds is 7. The third-order valence-electron chi connectivity index (χ3n) is 5.15. The number of nitrogens with zero attached hydrogens (tertiary/aromatic N) is 3. The maximum atomic E-state index is 12.6. The zero-order chi connectivity index (χ0) is 23.2. The number of amides is 1. The van der Waals surface area contributed by atoms with E-state index in [1.54, 1.807) is 25.1 Å². The summed E-state index contributed by atoms with van der Waals surface area (Å²) in [6.45, 7) is 1.30. The highest BCUT2D eigenvalue weighted by Gasteiger charge is 2.22. The molecule has 2 heterocycles. The second kappa shape index (κ2) is 10.6. The van der Waals surface area contributed by atoms with Gasteiger partial charge in [0, 0.05) is 9.77 Å². The molecule has 1 amide bonds. The van der Waals surface area contributed by atoms with Gasteiger partial charge in [0.25, 0.3) is 5.91 Å². The third kappa shape index (κ3) is 5.61. The van der Waals surface area contributed by atoms with E-state index in [0.717, 1.165) is 37.7 Å². The summed E-state index contributed by atoms with van der Waals surface area (Å²) < 4.78 is 10.4. The molecule has 0 spiro atoms. The van der Waals surface area contributed by atoms with Gasteiger partial charge in [-0.1, -0.05) is 23.7 Å². The van der Waals surface area contributed by atoms with E-state index >= 15 is 0 Å². The van der Waals surface area contributed by atoms with Crippen LogP contribution in [0.5, 0.6) is 0 Å². The van der Waals surface area contributed by atoms with Gasteiger partial charge < -0.3 is 14.6 Å². The maximum Gasteiger partial charge on any atom is 0.339 e. The Labute approximate surface area is 199 Å². The fourth-order valence-electron chi connectivity index (χ4n) is 3.62. The van der Waals surface area contributed by atoms with Crippen molar-refractivity contribution >= 4 is 40.0 Å². The van der Waals surface area contributed by atoms with Crippen molar-refractivity contribution in [2.24, 2.45) is 0 Å². The van der Waals surface area contributed by atoms with Gasteiger partial charge in [0.1, 0.15) is 11.1 Å². The minimum Gasteiger partial charge on any atom is -0.452 e. The van der Waals surface area contributed by atoms with E-state index in [1.165, 1.54) is 28.0 Å². The summed E-state index contributed by atoms with van der Waals surface area (Å²) >= 11 is 2.82. The maximum absolute atomic E-state index is 12.6. The molecule has 3 aromatic rings. The molecule has 0 saturated carbocycles. The summed E-state index contributed by atoms with van der Waals surface area (Å²) in [6, 6.07) is 9.22. The molecule has 0 bridgehead atoms. The Kier molecular flexibility index (Phi) is 7.42. The van der Waals surface area contributed by atoms with Crippen LogP contribution in [-0.4, -0.2) is 28.6 Å².